The van der Waals surface area contributed by atoms with Crippen LogP contribution < -0.4 is 15.0 Å². The SMILES string of the molecule is C/C=C/c1ccc(OCC(=O)N(C)Cc2nc3ccccc3c(=O)[nH]2)c(OC)c1. The lowest BCUT2D eigenvalue weighted by Gasteiger charge is -2.18. The van der Waals surface area contributed by atoms with Gasteiger partial charge in [-0.2, -0.15) is 0 Å². The molecule has 2 aromatic carbocycles. The van der Waals surface area contributed by atoms with Gasteiger partial charge in [0.05, 0.1) is 24.6 Å². The summed E-state index contributed by atoms with van der Waals surface area (Å²) in [4.78, 5) is 33.2. The fourth-order valence-corrected chi connectivity index (χ4v) is 2.87. The van der Waals surface area contributed by atoms with Crippen molar-refractivity contribution in [2.75, 3.05) is 20.8 Å². The number of ether oxygens (including phenoxy) is 2. The van der Waals surface area contributed by atoms with Crippen LogP contribution in [0.15, 0.2) is 53.3 Å². The number of nitrogens with one attached hydrogen (secondary N) is 1. The quantitative estimate of drug-likeness (QED) is 0.667. The van der Waals surface area contributed by atoms with Gasteiger partial charge in [0.1, 0.15) is 5.82 Å². The van der Waals surface area contributed by atoms with Crippen LogP contribution in [0.3, 0.4) is 0 Å². The Morgan fingerprint density at radius 2 is 2.00 bits per heavy atom. The molecule has 150 valence electrons. The number of allylic oxidation sites excluding steroid dienone is 1. The molecule has 1 aromatic heterocycles. The summed E-state index contributed by atoms with van der Waals surface area (Å²) in [6.07, 6.45) is 3.88. The molecule has 0 aliphatic heterocycles. The van der Waals surface area contributed by atoms with E-state index in [4.69, 9.17) is 9.47 Å². The van der Waals surface area contributed by atoms with Crippen LogP contribution in [0.4, 0.5) is 0 Å². The highest BCUT2D eigenvalue weighted by Gasteiger charge is 2.14. The molecule has 0 atom stereocenters. The number of amides is 1. The van der Waals surface area contributed by atoms with Crippen LogP contribution in [0, 0.1) is 0 Å². The van der Waals surface area contributed by atoms with Crippen molar-refractivity contribution >= 4 is 22.9 Å². The summed E-state index contributed by atoms with van der Waals surface area (Å²) in [5, 5.41) is 0.516. The Labute approximate surface area is 168 Å². The summed E-state index contributed by atoms with van der Waals surface area (Å²) in [6.45, 7) is 1.94. The van der Waals surface area contributed by atoms with Crippen LogP contribution in [0.5, 0.6) is 11.5 Å². The Kier molecular flexibility index (Phi) is 6.29. The van der Waals surface area contributed by atoms with E-state index in [9.17, 15) is 9.59 Å². The number of aromatic nitrogens is 2. The first-order chi connectivity index (χ1) is 14.0. The lowest BCUT2D eigenvalue weighted by molar-refractivity contribution is -0.132. The van der Waals surface area contributed by atoms with E-state index in [0.717, 1.165) is 5.56 Å². The second-order valence-electron chi connectivity index (χ2n) is 6.48. The fourth-order valence-electron chi connectivity index (χ4n) is 2.87. The topological polar surface area (TPSA) is 84.5 Å². The highest BCUT2D eigenvalue weighted by Crippen LogP contribution is 2.28. The fraction of sp³-hybridized carbons (Fsp3) is 0.227. The maximum Gasteiger partial charge on any atom is 0.260 e. The van der Waals surface area contributed by atoms with E-state index in [1.807, 2.05) is 37.3 Å². The number of carbonyl (C=O) groups excluding carboxylic acids is 1. The van der Waals surface area contributed by atoms with E-state index in [2.05, 4.69) is 9.97 Å². The molecule has 0 fully saturated rings. The molecule has 1 N–H and O–H groups in total. The first-order valence-corrected chi connectivity index (χ1v) is 9.17. The van der Waals surface area contributed by atoms with Gasteiger partial charge in [0.25, 0.3) is 11.5 Å². The first-order valence-electron chi connectivity index (χ1n) is 9.17. The maximum atomic E-state index is 12.5. The molecule has 1 heterocycles. The number of para-hydroxylation sites is 1. The summed E-state index contributed by atoms with van der Waals surface area (Å²) in [7, 11) is 3.19. The Morgan fingerprint density at radius 3 is 2.76 bits per heavy atom. The van der Waals surface area contributed by atoms with E-state index >= 15 is 0 Å². The van der Waals surface area contributed by atoms with Gasteiger partial charge in [0.2, 0.25) is 0 Å². The van der Waals surface area contributed by atoms with Crippen molar-refractivity contribution < 1.29 is 14.3 Å². The van der Waals surface area contributed by atoms with Crippen molar-refractivity contribution in [3.63, 3.8) is 0 Å². The Hall–Kier alpha value is -3.61. The number of hydrogen-bond acceptors (Lipinski definition) is 5. The van der Waals surface area contributed by atoms with Crippen LogP contribution >= 0.6 is 0 Å². The van der Waals surface area contributed by atoms with Crippen molar-refractivity contribution in [2.24, 2.45) is 0 Å². The third kappa shape index (κ3) is 4.82. The van der Waals surface area contributed by atoms with Crippen LogP contribution in [0.2, 0.25) is 0 Å². The van der Waals surface area contributed by atoms with Gasteiger partial charge in [0, 0.05) is 7.05 Å². The van der Waals surface area contributed by atoms with Crippen LogP contribution in [-0.4, -0.2) is 41.5 Å². The number of fused-ring (bicyclic) bond motifs is 1. The number of rotatable bonds is 7. The molecule has 0 bridgehead atoms. The molecule has 29 heavy (non-hydrogen) atoms. The highest BCUT2D eigenvalue weighted by molar-refractivity contribution is 5.78. The Bertz CT molecular complexity index is 1100. The molecule has 3 aromatic rings. The van der Waals surface area contributed by atoms with Gasteiger partial charge in [-0.1, -0.05) is 30.4 Å². The van der Waals surface area contributed by atoms with Gasteiger partial charge < -0.3 is 19.4 Å². The first kappa shape index (κ1) is 20.1. The van der Waals surface area contributed by atoms with Gasteiger partial charge in [-0.05, 0) is 36.8 Å². The monoisotopic (exact) mass is 393 g/mol. The number of aromatic amines is 1. The molecule has 0 spiro atoms. The number of benzene rings is 2. The largest absolute Gasteiger partial charge is 0.493 e. The summed E-state index contributed by atoms with van der Waals surface area (Å²) in [5.41, 5.74) is 1.34. The van der Waals surface area contributed by atoms with E-state index in [1.54, 1.807) is 38.4 Å². The minimum atomic E-state index is -0.250. The molecule has 0 radical (unpaired) electrons. The van der Waals surface area contributed by atoms with Crippen molar-refractivity contribution in [2.45, 2.75) is 13.5 Å². The molecule has 0 saturated carbocycles. The van der Waals surface area contributed by atoms with Gasteiger partial charge in [-0.15, -0.1) is 0 Å². The smallest absolute Gasteiger partial charge is 0.260 e. The molecule has 0 aliphatic carbocycles. The van der Waals surface area contributed by atoms with Crippen molar-refractivity contribution in [1.29, 1.82) is 0 Å². The number of nitrogens with zero attached hydrogens (tertiary/aromatic N) is 2. The summed E-state index contributed by atoms with van der Waals surface area (Å²) in [6, 6.07) is 12.6. The second-order valence-corrected chi connectivity index (χ2v) is 6.48. The zero-order chi connectivity index (χ0) is 20.8. The predicted octanol–water partition coefficient (Wildman–Crippen LogP) is 3.00. The highest BCUT2D eigenvalue weighted by atomic mass is 16.5. The summed E-state index contributed by atoms with van der Waals surface area (Å²) in [5.74, 6) is 1.20. The molecule has 7 heteroatoms. The number of methoxy groups -OCH3 is 1. The summed E-state index contributed by atoms with van der Waals surface area (Å²) < 4.78 is 11.0. The average Bonchev–Trinajstić information content (AvgIpc) is 2.72. The van der Waals surface area contributed by atoms with Crippen molar-refractivity contribution in [1.82, 2.24) is 14.9 Å². The van der Waals surface area contributed by atoms with Gasteiger partial charge in [0.15, 0.2) is 18.1 Å². The zero-order valence-corrected chi connectivity index (χ0v) is 16.6. The third-order valence-electron chi connectivity index (χ3n) is 4.37. The molecule has 3 rings (SSSR count). The van der Waals surface area contributed by atoms with Crippen molar-refractivity contribution in [3.05, 3.63) is 70.3 Å². The Balaban J connectivity index is 1.66. The standard InChI is InChI=1S/C22H23N3O4/c1-4-7-15-10-11-18(19(12-15)28-3)29-14-21(26)25(2)13-20-23-17-9-6-5-8-16(17)22(27)24-20/h4-12H,13-14H2,1-3H3,(H,23,24,27)/b7-4+. The minimum absolute atomic E-state index is 0.159. The number of carbonyl (C=O) groups is 1. The minimum Gasteiger partial charge on any atom is -0.493 e. The molecular formula is C22H23N3O4. The normalized spacial score (nSPS) is 11.0. The molecular weight excluding hydrogens is 370 g/mol. The van der Waals surface area contributed by atoms with Gasteiger partial charge in [-0.3, -0.25) is 9.59 Å². The van der Waals surface area contributed by atoms with Crippen molar-refractivity contribution in [3.8, 4) is 11.5 Å². The number of hydrogen-bond donors (Lipinski definition) is 1. The molecule has 0 aliphatic rings. The number of H-pyrrole nitrogens is 1. The van der Waals surface area contributed by atoms with E-state index in [0.29, 0.717) is 28.2 Å². The average molecular weight is 393 g/mol. The van der Waals surface area contributed by atoms with E-state index in [1.165, 1.54) is 4.90 Å². The zero-order valence-electron chi connectivity index (χ0n) is 16.6. The third-order valence-corrected chi connectivity index (χ3v) is 4.37. The van der Waals surface area contributed by atoms with E-state index < -0.39 is 0 Å². The van der Waals surface area contributed by atoms with Crippen LogP contribution in [-0.2, 0) is 11.3 Å². The summed E-state index contributed by atoms with van der Waals surface area (Å²) >= 11 is 0. The molecule has 0 saturated heterocycles. The predicted molar refractivity (Wildman–Crippen MR) is 112 cm³/mol. The van der Waals surface area contributed by atoms with Gasteiger partial charge >= 0.3 is 0 Å². The molecule has 0 unspecified atom stereocenters. The second kappa shape index (κ2) is 9.05. The molecule has 7 nitrogen and oxygen atoms in total. The lowest BCUT2D eigenvalue weighted by Crippen LogP contribution is -2.32. The van der Waals surface area contributed by atoms with Gasteiger partial charge in [-0.25, -0.2) is 4.98 Å². The van der Waals surface area contributed by atoms with E-state index in [-0.39, 0.29) is 24.6 Å². The molecule has 1 amide bonds. The maximum absolute atomic E-state index is 12.5. The van der Waals surface area contributed by atoms with Crippen LogP contribution in [0.25, 0.3) is 17.0 Å². The Morgan fingerprint density at radius 1 is 1.21 bits per heavy atom. The van der Waals surface area contributed by atoms with Crippen LogP contribution in [0.1, 0.15) is 18.3 Å². The lowest BCUT2D eigenvalue weighted by atomic mass is 10.2. The number of likely N-dealkylation sites (N-methyl/N-ethyl adjacent to an activating group) is 1.